The normalized spacial score (nSPS) is 20.2. The Kier molecular flexibility index (Phi) is 4.92. The van der Waals surface area contributed by atoms with Gasteiger partial charge in [0.2, 0.25) is 0 Å². The minimum atomic E-state index is 0.181. The molecule has 1 aliphatic heterocycles. The molecular weight excluding hydrogens is 294 g/mol. The summed E-state index contributed by atoms with van der Waals surface area (Å²) < 4.78 is 6.04. The molecule has 0 aliphatic carbocycles. The molecule has 1 unspecified atom stereocenters. The fourth-order valence-corrected chi connectivity index (χ4v) is 2.91. The number of hydrogen-bond acceptors (Lipinski definition) is 3. The van der Waals surface area contributed by atoms with Gasteiger partial charge in [0.1, 0.15) is 0 Å². The van der Waals surface area contributed by atoms with Crippen molar-refractivity contribution in [3.05, 3.63) is 34.3 Å². The van der Waals surface area contributed by atoms with E-state index in [1.165, 1.54) is 0 Å². The van der Waals surface area contributed by atoms with Crippen molar-refractivity contribution in [2.24, 2.45) is 5.92 Å². The van der Waals surface area contributed by atoms with Crippen LogP contribution in [0.5, 0.6) is 0 Å². The van der Waals surface area contributed by atoms with Crippen LogP contribution in [0, 0.1) is 5.92 Å². The molecule has 1 aromatic rings. The van der Waals surface area contributed by atoms with E-state index in [0.717, 1.165) is 36.2 Å². The van der Waals surface area contributed by atoms with Gasteiger partial charge in [-0.15, -0.1) is 0 Å². The number of ether oxygens (including phenoxy) is 1. The first-order valence-corrected chi connectivity index (χ1v) is 6.99. The number of ketones is 1. The van der Waals surface area contributed by atoms with Gasteiger partial charge in [-0.25, -0.2) is 0 Å². The lowest BCUT2D eigenvalue weighted by Gasteiger charge is -2.15. The topological polar surface area (TPSA) is 29.5 Å². The van der Waals surface area contributed by atoms with E-state index in [-0.39, 0.29) is 5.78 Å². The van der Waals surface area contributed by atoms with Crippen molar-refractivity contribution in [3.63, 3.8) is 0 Å². The highest BCUT2D eigenvalue weighted by Gasteiger charge is 2.24. The Bertz CT molecular complexity index is 422. The van der Waals surface area contributed by atoms with Gasteiger partial charge in [0, 0.05) is 23.7 Å². The Morgan fingerprint density at radius 1 is 1.50 bits per heavy atom. The van der Waals surface area contributed by atoms with Crippen molar-refractivity contribution in [1.29, 1.82) is 0 Å². The Hall–Kier alpha value is -0.710. The fourth-order valence-electron chi connectivity index (χ4n) is 2.40. The van der Waals surface area contributed by atoms with Crippen LogP contribution in [0.3, 0.4) is 0 Å². The predicted octanol–water partition coefficient (Wildman–Crippen LogP) is 2.60. The summed E-state index contributed by atoms with van der Waals surface area (Å²) in [5.41, 5.74) is 0.771. The van der Waals surface area contributed by atoms with E-state index in [1.807, 2.05) is 24.3 Å². The number of rotatable bonds is 5. The number of hydrogen-bond donors (Lipinski definition) is 0. The van der Waals surface area contributed by atoms with Gasteiger partial charge in [-0.2, -0.15) is 0 Å². The van der Waals surface area contributed by atoms with Gasteiger partial charge in [-0.1, -0.05) is 34.1 Å². The third-order valence-corrected chi connectivity index (χ3v) is 4.01. The van der Waals surface area contributed by atoms with Crippen LogP contribution in [0.1, 0.15) is 16.8 Å². The maximum absolute atomic E-state index is 12.2. The first-order chi connectivity index (χ1) is 8.70. The molecule has 98 valence electrons. The average molecular weight is 312 g/mol. The summed E-state index contributed by atoms with van der Waals surface area (Å²) in [6.45, 7) is 3.25. The number of likely N-dealkylation sites (tertiary alicyclic amines) is 1. The zero-order valence-electron chi connectivity index (χ0n) is 10.6. The number of carbonyl (C=O) groups is 1. The summed E-state index contributed by atoms with van der Waals surface area (Å²) >= 11 is 3.42. The van der Waals surface area contributed by atoms with Crippen LogP contribution in [0.2, 0.25) is 0 Å². The second kappa shape index (κ2) is 6.45. The molecule has 1 heterocycles. The summed E-state index contributed by atoms with van der Waals surface area (Å²) in [7, 11) is 1.73. The molecule has 0 bridgehead atoms. The molecule has 3 nitrogen and oxygen atoms in total. The molecule has 4 heteroatoms. The van der Waals surface area contributed by atoms with E-state index in [0.29, 0.717) is 12.5 Å². The summed E-state index contributed by atoms with van der Waals surface area (Å²) in [5.74, 6) is 0.752. The summed E-state index contributed by atoms with van der Waals surface area (Å²) in [4.78, 5) is 14.4. The molecule has 0 N–H and O–H groups in total. The van der Waals surface area contributed by atoms with Crippen molar-refractivity contribution >= 4 is 21.7 Å². The van der Waals surface area contributed by atoms with E-state index in [9.17, 15) is 4.79 Å². The zero-order valence-corrected chi connectivity index (χ0v) is 12.1. The molecule has 1 atom stereocenters. The lowest BCUT2D eigenvalue weighted by molar-refractivity contribution is 0.0936. The molecule has 0 amide bonds. The number of halogens is 1. The Balaban J connectivity index is 1.91. The van der Waals surface area contributed by atoms with E-state index < -0.39 is 0 Å². The highest BCUT2D eigenvalue weighted by molar-refractivity contribution is 9.10. The maximum Gasteiger partial charge on any atom is 0.177 e. The number of Topliss-reactive ketones (excluding diaryl/α,β-unsaturated/α-hetero) is 1. The van der Waals surface area contributed by atoms with Gasteiger partial charge in [-0.05, 0) is 24.9 Å². The predicted molar refractivity (Wildman–Crippen MR) is 74.9 cm³/mol. The molecule has 18 heavy (non-hydrogen) atoms. The van der Waals surface area contributed by atoms with Gasteiger partial charge >= 0.3 is 0 Å². The van der Waals surface area contributed by atoms with E-state index in [1.54, 1.807) is 7.11 Å². The molecule has 0 aromatic heterocycles. The van der Waals surface area contributed by atoms with Crippen LogP contribution in [0.15, 0.2) is 28.7 Å². The maximum atomic E-state index is 12.2. The second-order valence-corrected chi connectivity index (χ2v) is 5.60. The van der Waals surface area contributed by atoms with E-state index in [2.05, 4.69) is 20.8 Å². The van der Waals surface area contributed by atoms with E-state index in [4.69, 9.17) is 4.74 Å². The van der Waals surface area contributed by atoms with Gasteiger partial charge < -0.3 is 4.74 Å². The Labute approximate surface area is 116 Å². The number of methoxy groups -OCH3 is 1. The average Bonchev–Trinajstić information content (AvgIpc) is 2.77. The van der Waals surface area contributed by atoms with Crippen LogP contribution in [0.4, 0.5) is 0 Å². The fraction of sp³-hybridized carbons (Fsp3) is 0.500. The number of carbonyl (C=O) groups excluding carboxylic acids is 1. The molecule has 2 rings (SSSR count). The van der Waals surface area contributed by atoms with Gasteiger partial charge in [0.15, 0.2) is 5.78 Å². The molecule has 1 saturated heterocycles. The lowest BCUT2D eigenvalue weighted by atomic mass is 10.1. The molecule has 0 spiro atoms. The van der Waals surface area contributed by atoms with Crippen LogP contribution in [0.25, 0.3) is 0 Å². The zero-order chi connectivity index (χ0) is 13.0. The van der Waals surface area contributed by atoms with Crippen LogP contribution in [-0.4, -0.2) is 44.0 Å². The third kappa shape index (κ3) is 3.40. The van der Waals surface area contributed by atoms with Crippen molar-refractivity contribution in [1.82, 2.24) is 4.90 Å². The third-order valence-electron chi connectivity index (χ3n) is 3.31. The lowest BCUT2D eigenvalue weighted by Crippen LogP contribution is -2.28. The molecule has 1 aliphatic rings. The molecule has 1 aromatic carbocycles. The van der Waals surface area contributed by atoms with Gasteiger partial charge in [0.25, 0.3) is 0 Å². The van der Waals surface area contributed by atoms with Crippen molar-refractivity contribution in [3.8, 4) is 0 Å². The minimum absolute atomic E-state index is 0.181. The second-order valence-electron chi connectivity index (χ2n) is 4.75. The van der Waals surface area contributed by atoms with Crippen LogP contribution < -0.4 is 0 Å². The standard InChI is InChI=1S/C14H18BrNO2/c1-18-10-11-6-7-16(8-11)9-14(17)12-4-2-3-5-13(12)15/h2-5,11H,6-10H2,1H3. The largest absolute Gasteiger partial charge is 0.384 e. The molecule has 1 fully saturated rings. The highest BCUT2D eigenvalue weighted by atomic mass is 79.9. The van der Waals surface area contributed by atoms with Crippen molar-refractivity contribution < 1.29 is 9.53 Å². The molecule has 0 saturated carbocycles. The van der Waals surface area contributed by atoms with Crippen molar-refractivity contribution in [2.75, 3.05) is 33.4 Å². The Morgan fingerprint density at radius 3 is 3.00 bits per heavy atom. The quantitative estimate of drug-likeness (QED) is 0.783. The SMILES string of the molecule is COCC1CCN(CC(=O)c2ccccc2Br)C1. The van der Waals surface area contributed by atoms with Gasteiger partial charge in [-0.3, -0.25) is 9.69 Å². The summed E-state index contributed by atoms with van der Waals surface area (Å²) in [6.07, 6.45) is 1.12. The van der Waals surface area contributed by atoms with Crippen LogP contribution in [-0.2, 0) is 4.74 Å². The number of benzene rings is 1. The monoisotopic (exact) mass is 311 g/mol. The van der Waals surface area contributed by atoms with Crippen molar-refractivity contribution in [2.45, 2.75) is 6.42 Å². The molecule has 0 radical (unpaired) electrons. The summed E-state index contributed by atoms with van der Waals surface area (Å²) in [6, 6.07) is 7.60. The Morgan fingerprint density at radius 2 is 2.28 bits per heavy atom. The first kappa shape index (κ1) is 13.7. The summed E-state index contributed by atoms with van der Waals surface area (Å²) in [5, 5.41) is 0. The molecular formula is C14H18BrNO2. The first-order valence-electron chi connectivity index (χ1n) is 6.19. The minimum Gasteiger partial charge on any atom is -0.384 e. The van der Waals surface area contributed by atoms with Crippen LogP contribution >= 0.6 is 15.9 Å². The number of nitrogens with zero attached hydrogens (tertiary/aromatic N) is 1. The van der Waals surface area contributed by atoms with E-state index >= 15 is 0 Å². The highest BCUT2D eigenvalue weighted by Crippen LogP contribution is 2.20. The smallest absolute Gasteiger partial charge is 0.177 e. The van der Waals surface area contributed by atoms with Gasteiger partial charge in [0.05, 0.1) is 13.2 Å².